The standard InChI is InChI=1S/C14H16N4O4S2/c1-18(11-4-6-24(20,21)9-11)12(19)8-23-14-17-16-13(22-14)10-3-2-5-15-7-10/h2-3,5,7,11H,4,6,8-9H2,1H3. The Balaban J connectivity index is 1.56. The van der Waals surface area contributed by atoms with E-state index in [2.05, 4.69) is 15.2 Å². The van der Waals surface area contributed by atoms with E-state index in [0.29, 0.717) is 17.9 Å². The predicted octanol–water partition coefficient (Wildman–Crippen LogP) is 0.869. The van der Waals surface area contributed by atoms with Crippen molar-refractivity contribution >= 4 is 27.5 Å². The van der Waals surface area contributed by atoms with Crippen molar-refractivity contribution < 1.29 is 17.6 Å². The van der Waals surface area contributed by atoms with Crippen LogP contribution >= 0.6 is 11.8 Å². The minimum atomic E-state index is -3.02. The van der Waals surface area contributed by atoms with Gasteiger partial charge in [-0.1, -0.05) is 11.8 Å². The van der Waals surface area contributed by atoms with Gasteiger partial charge in [0.25, 0.3) is 5.22 Å². The van der Waals surface area contributed by atoms with E-state index < -0.39 is 9.84 Å². The molecule has 10 heteroatoms. The zero-order valence-corrected chi connectivity index (χ0v) is 14.6. The number of carbonyl (C=O) groups is 1. The van der Waals surface area contributed by atoms with Gasteiger partial charge in [-0.25, -0.2) is 8.42 Å². The molecule has 1 atom stereocenters. The Labute approximate surface area is 143 Å². The summed E-state index contributed by atoms with van der Waals surface area (Å²) in [6.07, 6.45) is 3.75. The smallest absolute Gasteiger partial charge is 0.277 e. The van der Waals surface area contributed by atoms with Gasteiger partial charge in [-0.3, -0.25) is 9.78 Å². The van der Waals surface area contributed by atoms with Gasteiger partial charge in [-0.05, 0) is 18.6 Å². The Morgan fingerprint density at radius 2 is 2.29 bits per heavy atom. The number of amides is 1. The third kappa shape index (κ3) is 3.93. The Morgan fingerprint density at radius 1 is 1.46 bits per heavy atom. The van der Waals surface area contributed by atoms with Crippen LogP contribution in [0.1, 0.15) is 6.42 Å². The molecule has 0 aliphatic carbocycles. The number of sulfone groups is 1. The molecule has 0 bridgehead atoms. The number of nitrogens with zero attached hydrogens (tertiary/aromatic N) is 4. The molecule has 1 fully saturated rings. The Bertz CT molecular complexity index is 822. The van der Waals surface area contributed by atoms with E-state index in [-0.39, 0.29) is 34.4 Å². The minimum Gasteiger partial charge on any atom is -0.411 e. The number of rotatable bonds is 5. The van der Waals surface area contributed by atoms with E-state index >= 15 is 0 Å². The summed E-state index contributed by atoms with van der Waals surface area (Å²) in [6, 6.07) is 3.31. The van der Waals surface area contributed by atoms with E-state index in [1.807, 2.05) is 0 Å². The van der Waals surface area contributed by atoms with Crippen LogP contribution in [-0.4, -0.2) is 64.8 Å². The molecule has 1 unspecified atom stereocenters. The van der Waals surface area contributed by atoms with Crippen molar-refractivity contribution in [2.75, 3.05) is 24.3 Å². The van der Waals surface area contributed by atoms with Crippen molar-refractivity contribution in [3.8, 4) is 11.5 Å². The van der Waals surface area contributed by atoms with E-state index in [0.717, 1.165) is 11.8 Å². The molecule has 24 heavy (non-hydrogen) atoms. The van der Waals surface area contributed by atoms with Gasteiger partial charge in [0, 0.05) is 25.5 Å². The van der Waals surface area contributed by atoms with E-state index in [4.69, 9.17) is 4.42 Å². The fraction of sp³-hybridized carbons (Fsp3) is 0.429. The molecule has 1 aliphatic rings. The molecule has 8 nitrogen and oxygen atoms in total. The van der Waals surface area contributed by atoms with Gasteiger partial charge in [0.2, 0.25) is 11.8 Å². The van der Waals surface area contributed by atoms with Crippen molar-refractivity contribution in [1.82, 2.24) is 20.1 Å². The van der Waals surface area contributed by atoms with Gasteiger partial charge in [0.1, 0.15) is 0 Å². The fourth-order valence-corrected chi connectivity index (χ4v) is 4.85. The van der Waals surface area contributed by atoms with E-state index in [1.54, 1.807) is 31.6 Å². The maximum atomic E-state index is 12.2. The summed E-state index contributed by atoms with van der Waals surface area (Å²) in [7, 11) is -1.39. The molecular weight excluding hydrogens is 352 g/mol. The number of pyridine rings is 1. The van der Waals surface area contributed by atoms with Crippen LogP contribution in [-0.2, 0) is 14.6 Å². The molecule has 0 radical (unpaired) electrons. The van der Waals surface area contributed by atoms with E-state index in [9.17, 15) is 13.2 Å². The molecule has 0 spiro atoms. The number of aromatic nitrogens is 3. The highest BCUT2D eigenvalue weighted by Gasteiger charge is 2.32. The number of thioether (sulfide) groups is 1. The topological polar surface area (TPSA) is 106 Å². The van der Waals surface area contributed by atoms with Crippen molar-refractivity contribution in [3.63, 3.8) is 0 Å². The lowest BCUT2D eigenvalue weighted by atomic mass is 10.2. The molecule has 0 saturated carbocycles. The normalized spacial score (nSPS) is 19.3. The van der Waals surface area contributed by atoms with Gasteiger partial charge in [-0.15, -0.1) is 10.2 Å². The van der Waals surface area contributed by atoms with Crippen LogP contribution in [0.5, 0.6) is 0 Å². The van der Waals surface area contributed by atoms with Crippen molar-refractivity contribution in [1.29, 1.82) is 0 Å². The lowest BCUT2D eigenvalue weighted by Crippen LogP contribution is -2.38. The molecule has 1 aliphatic heterocycles. The zero-order chi connectivity index (χ0) is 17.2. The molecule has 1 saturated heterocycles. The fourth-order valence-electron chi connectivity index (χ4n) is 2.38. The summed E-state index contributed by atoms with van der Waals surface area (Å²) in [4.78, 5) is 17.7. The average Bonchev–Trinajstić information content (AvgIpc) is 3.19. The second-order valence-electron chi connectivity index (χ2n) is 5.47. The highest BCUT2D eigenvalue weighted by atomic mass is 32.2. The molecule has 3 rings (SSSR count). The summed E-state index contributed by atoms with van der Waals surface area (Å²) in [5.74, 6) is 0.463. The number of hydrogen-bond donors (Lipinski definition) is 0. The second kappa shape index (κ2) is 6.89. The van der Waals surface area contributed by atoms with E-state index in [1.165, 1.54) is 4.90 Å². The average molecular weight is 368 g/mol. The Kier molecular flexibility index (Phi) is 4.86. The van der Waals surface area contributed by atoms with Crippen LogP contribution in [0.25, 0.3) is 11.5 Å². The van der Waals surface area contributed by atoms with Crippen molar-refractivity contribution in [2.24, 2.45) is 0 Å². The SMILES string of the molecule is CN(C(=O)CSc1nnc(-c2cccnc2)o1)C1CCS(=O)(=O)C1. The quantitative estimate of drug-likeness (QED) is 0.716. The van der Waals surface area contributed by atoms with Crippen LogP contribution in [0, 0.1) is 0 Å². The summed E-state index contributed by atoms with van der Waals surface area (Å²) in [5.41, 5.74) is 0.705. The van der Waals surface area contributed by atoms with Crippen molar-refractivity contribution in [3.05, 3.63) is 24.5 Å². The lowest BCUT2D eigenvalue weighted by molar-refractivity contribution is -0.128. The maximum absolute atomic E-state index is 12.2. The van der Waals surface area contributed by atoms with Gasteiger partial charge in [0.15, 0.2) is 9.84 Å². The van der Waals surface area contributed by atoms with Gasteiger partial charge >= 0.3 is 0 Å². The summed E-state index contributed by atoms with van der Waals surface area (Å²) in [6.45, 7) is 0. The third-order valence-electron chi connectivity index (χ3n) is 3.78. The molecule has 3 heterocycles. The van der Waals surface area contributed by atoms with Crippen molar-refractivity contribution in [2.45, 2.75) is 17.7 Å². The molecule has 1 amide bonds. The molecule has 0 N–H and O–H groups in total. The number of hydrogen-bond acceptors (Lipinski definition) is 8. The second-order valence-corrected chi connectivity index (χ2v) is 8.62. The first-order valence-corrected chi connectivity index (χ1v) is 10.1. The monoisotopic (exact) mass is 368 g/mol. The van der Waals surface area contributed by atoms with Crippen LogP contribution < -0.4 is 0 Å². The zero-order valence-electron chi connectivity index (χ0n) is 13.0. The van der Waals surface area contributed by atoms with Gasteiger partial charge in [-0.2, -0.15) is 0 Å². The van der Waals surface area contributed by atoms with Crippen LogP contribution in [0.3, 0.4) is 0 Å². The highest BCUT2D eigenvalue weighted by Crippen LogP contribution is 2.23. The maximum Gasteiger partial charge on any atom is 0.277 e. The molecular formula is C14H16N4O4S2. The predicted molar refractivity (Wildman–Crippen MR) is 88.1 cm³/mol. The van der Waals surface area contributed by atoms with Gasteiger partial charge in [0.05, 0.1) is 22.8 Å². The first-order chi connectivity index (χ1) is 11.4. The Morgan fingerprint density at radius 3 is 2.96 bits per heavy atom. The third-order valence-corrected chi connectivity index (χ3v) is 6.34. The molecule has 0 aromatic carbocycles. The molecule has 128 valence electrons. The van der Waals surface area contributed by atoms with Gasteiger partial charge < -0.3 is 9.32 Å². The summed E-state index contributed by atoms with van der Waals surface area (Å²) >= 11 is 1.13. The lowest BCUT2D eigenvalue weighted by Gasteiger charge is -2.22. The largest absolute Gasteiger partial charge is 0.411 e. The highest BCUT2D eigenvalue weighted by molar-refractivity contribution is 7.99. The molecule has 2 aromatic rings. The first kappa shape index (κ1) is 16.9. The molecule has 2 aromatic heterocycles. The van der Waals surface area contributed by atoms with Crippen LogP contribution in [0.4, 0.5) is 0 Å². The van der Waals surface area contributed by atoms with Crippen LogP contribution in [0.15, 0.2) is 34.2 Å². The summed E-state index contributed by atoms with van der Waals surface area (Å²) in [5, 5.41) is 8.11. The minimum absolute atomic E-state index is 0.0334. The first-order valence-electron chi connectivity index (χ1n) is 7.27. The van der Waals surface area contributed by atoms with Crippen LogP contribution in [0.2, 0.25) is 0 Å². The summed E-state index contributed by atoms with van der Waals surface area (Å²) < 4.78 is 28.5. The number of carbonyl (C=O) groups excluding carboxylic acids is 1. The Hall–Kier alpha value is -1.94.